The molecule has 0 heterocycles. The van der Waals surface area contributed by atoms with Crippen molar-refractivity contribution in [1.82, 2.24) is 0 Å². The Morgan fingerprint density at radius 1 is 1.00 bits per heavy atom. The van der Waals surface area contributed by atoms with Crippen molar-refractivity contribution in [3.63, 3.8) is 0 Å². The monoisotopic (exact) mass is 281 g/mol. The van der Waals surface area contributed by atoms with Crippen LogP contribution in [-0.4, -0.2) is 5.11 Å². The topological polar surface area (TPSA) is 32.3 Å². The van der Waals surface area contributed by atoms with Gasteiger partial charge in [0.1, 0.15) is 5.75 Å². The van der Waals surface area contributed by atoms with Gasteiger partial charge in [-0.25, -0.2) is 0 Å². The van der Waals surface area contributed by atoms with Gasteiger partial charge >= 0.3 is 0 Å². The maximum atomic E-state index is 10.3. The number of nitrogens with one attached hydrogen (secondary N) is 1. The number of anilines is 1. The zero-order valence-electron chi connectivity index (χ0n) is 13.2. The summed E-state index contributed by atoms with van der Waals surface area (Å²) in [6.07, 6.45) is 1.03. The Morgan fingerprint density at radius 2 is 1.71 bits per heavy atom. The fraction of sp³-hybridized carbons (Fsp3) is 0.368. The van der Waals surface area contributed by atoms with Crippen LogP contribution in [0.2, 0.25) is 0 Å². The number of hydrogen-bond donors (Lipinski definition) is 2. The Kier molecular flexibility index (Phi) is 3.40. The van der Waals surface area contributed by atoms with Crippen molar-refractivity contribution in [3.8, 4) is 5.75 Å². The van der Waals surface area contributed by atoms with E-state index in [1.54, 1.807) is 0 Å². The Balaban J connectivity index is 2.00. The summed E-state index contributed by atoms with van der Waals surface area (Å²) in [4.78, 5) is 0. The lowest BCUT2D eigenvalue weighted by Crippen LogP contribution is -2.09. The van der Waals surface area contributed by atoms with E-state index < -0.39 is 0 Å². The van der Waals surface area contributed by atoms with E-state index in [0.29, 0.717) is 11.7 Å². The molecule has 0 aromatic heterocycles. The van der Waals surface area contributed by atoms with E-state index in [9.17, 15) is 5.11 Å². The second kappa shape index (κ2) is 5.10. The van der Waals surface area contributed by atoms with Crippen molar-refractivity contribution in [2.45, 2.75) is 46.1 Å². The van der Waals surface area contributed by atoms with E-state index in [1.165, 1.54) is 27.9 Å². The first-order valence-corrected chi connectivity index (χ1v) is 7.63. The number of aryl methyl sites for hydroxylation is 3. The zero-order valence-corrected chi connectivity index (χ0v) is 13.2. The summed E-state index contributed by atoms with van der Waals surface area (Å²) in [7, 11) is 0. The maximum Gasteiger partial charge on any atom is 0.121 e. The highest BCUT2D eigenvalue weighted by Crippen LogP contribution is 2.47. The molecule has 0 saturated heterocycles. The van der Waals surface area contributed by atoms with E-state index in [2.05, 4.69) is 51.2 Å². The van der Waals surface area contributed by atoms with Crippen molar-refractivity contribution < 1.29 is 5.11 Å². The highest BCUT2D eigenvalue weighted by atomic mass is 16.3. The molecule has 2 aromatic carbocycles. The molecule has 2 atom stereocenters. The van der Waals surface area contributed by atoms with Gasteiger partial charge in [-0.05, 0) is 67.5 Å². The standard InChI is InChI=1S/C19H23NO/c1-11-5-6-12(2)15(9-11)20-16-10-14(4)18-13(3)7-8-17(21)19(16)18/h5-9,14,16,20-21H,10H2,1-4H3. The molecule has 2 aromatic rings. The molecule has 0 spiro atoms. The molecule has 0 aliphatic heterocycles. The molecule has 2 nitrogen and oxygen atoms in total. The minimum Gasteiger partial charge on any atom is -0.508 e. The van der Waals surface area contributed by atoms with Gasteiger partial charge in [0.25, 0.3) is 0 Å². The quantitative estimate of drug-likeness (QED) is 0.814. The molecule has 0 saturated carbocycles. The summed E-state index contributed by atoms with van der Waals surface area (Å²) in [5.41, 5.74) is 7.35. The Morgan fingerprint density at radius 3 is 2.48 bits per heavy atom. The molecule has 21 heavy (non-hydrogen) atoms. The largest absolute Gasteiger partial charge is 0.508 e. The van der Waals surface area contributed by atoms with E-state index in [1.807, 2.05) is 12.1 Å². The van der Waals surface area contributed by atoms with Crippen LogP contribution in [-0.2, 0) is 0 Å². The van der Waals surface area contributed by atoms with Crippen LogP contribution >= 0.6 is 0 Å². The summed E-state index contributed by atoms with van der Waals surface area (Å²) in [5.74, 6) is 0.900. The van der Waals surface area contributed by atoms with Crippen molar-refractivity contribution in [2.75, 3.05) is 5.32 Å². The molecular formula is C19H23NO. The normalized spacial score (nSPS) is 20.4. The molecule has 3 rings (SSSR count). The molecule has 2 N–H and O–H groups in total. The van der Waals surface area contributed by atoms with Gasteiger partial charge in [-0.15, -0.1) is 0 Å². The Hall–Kier alpha value is -1.96. The summed E-state index contributed by atoms with van der Waals surface area (Å²) in [5, 5.41) is 14.0. The van der Waals surface area contributed by atoms with Gasteiger partial charge in [0, 0.05) is 11.3 Å². The maximum absolute atomic E-state index is 10.3. The number of fused-ring (bicyclic) bond motifs is 1. The van der Waals surface area contributed by atoms with Gasteiger partial charge in [0.2, 0.25) is 0 Å². The van der Waals surface area contributed by atoms with E-state index in [4.69, 9.17) is 0 Å². The molecule has 110 valence electrons. The summed E-state index contributed by atoms with van der Waals surface area (Å²) in [6, 6.07) is 10.5. The van der Waals surface area contributed by atoms with Crippen LogP contribution in [0.15, 0.2) is 30.3 Å². The lowest BCUT2D eigenvalue weighted by atomic mass is 9.97. The second-order valence-electron chi connectivity index (χ2n) is 6.38. The third kappa shape index (κ3) is 2.39. The van der Waals surface area contributed by atoms with Crippen molar-refractivity contribution in [2.24, 2.45) is 0 Å². The minimum absolute atomic E-state index is 0.190. The fourth-order valence-corrected chi connectivity index (χ4v) is 3.55. The third-order valence-electron chi connectivity index (χ3n) is 4.64. The molecular weight excluding hydrogens is 258 g/mol. The lowest BCUT2D eigenvalue weighted by molar-refractivity contribution is 0.465. The first-order chi connectivity index (χ1) is 9.97. The summed E-state index contributed by atoms with van der Waals surface area (Å²) < 4.78 is 0. The molecule has 2 unspecified atom stereocenters. The predicted molar refractivity (Wildman–Crippen MR) is 88.2 cm³/mol. The minimum atomic E-state index is 0.190. The van der Waals surface area contributed by atoms with E-state index in [-0.39, 0.29) is 6.04 Å². The summed E-state index contributed by atoms with van der Waals surface area (Å²) >= 11 is 0. The molecule has 1 aliphatic rings. The third-order valence-corrected chi connectivity index (χ3v) is 4.64. The highest BCUT2D eigenvalue weighted by Gasteiger charge is 2.32. The van der Waals surface area contributed by atoms with Gasteiger partial charge in [0.05, 0.1) is 6.04 Å². The van der Waals surface area contributed by atoms with E-state index in [0.717, 1.165) is 12.0 Å². The molecule has 0 fully saturated rings. The molecule has 1 aliphatic carbocycles. The van der Waals surface area contributed by atoms with Gasteiger partial charge in [0.15, 0.2) is 0 Å². The van der Waals surface area contributed by atoms with Gasteiger partial charge in [-0.1, -0.05) is 25.1 Å². The molecule has 2 heteroatoms. The first kappa shape index (κ1) is 14.0. The van der Waals surface area contributed by atoms with Crippen LogP contribution in [0.1, 0.15) is 53.1 Å². The smallest absolute Gasteiger partial charge is 0.121 e. The number of aromatic hydroxyl groups is 1. The SMILES string of the molecule is Cc1ccc(C)c(NC2CC(C)c3c(C)ccc(O)c32)c1. The van der Waals surface area contributed by atoms with E-state index >= 15 is 0 Å². The van der Waals surface area contributed by atoms with Crippen LogP contribution in [0.4, 0.5) is 5.69 Å². The van der Waals surface area contributed by atoms with Crippen LogP contribution in [0.5, 0.6) is 5.75 Å². The second-order valence-corrected chi connectivity index (χ2v) is 6.38. The lowest BCUT2D eigenvalue weighted by Gasteiger charge is -2.19. The first-order valence-electron chi connectivity index (χ1n) is 7.63. The number of rotatable bonds is 2. The summed E-state index contributed by atoms with van der Waals surface area (Å²) in [6.45, 7) is 8.61. The predicted octanol–water partition coefficient (Wildman–Crippen LogP) is 4.98. The number of phenols is 1. The average molecular weight is 281 g/mol. The number of benzene rings is 2. The van der Waals surface area contributed by atoms with Crippen LogP contribution in [0.25, 0.3) is 0 Å². The molecule has 0 radical (unpaired) electrons. The number of phenolic OH excluding ortho intramolecular Hbond substituents is 1. The molecule has 0 bridgehead atoms. The zero-order chi connectivity index (χ0) is 15.1. The van der Waals surface area contributed by atoms with Crippen LogP contribution in [0.3, 0.4) is 0 Å². The fourth-order valence-electron chi connectivity index (χ4n) is 3.55. The Labute approximate surface area is 126 Å². The van der Waals surface area contributed by atoms with Gasteiger partial charge in [-0.2, -0.15) is 0 Å². The highest BCUT2D eigenvalue weighted by molar-refractivity contribution is 5.58. The van der Waals surface area contributed by atoms with Crippen LogP contribution < -0.4 is 5.32 Å². The van der Waals surface area contributed by atoms with Crippen LogP contribution in [0, 0.1) is 20.8 Å². The average Bonchev–Trinajstić information content (AvgIpc) is 2.76. The van der Waals surface area contributed by atoms with Crippen molar-refractivity contribution in [3.05, 3.63) is 58.1 Å². The number of hydrogen-bond acceptors (Lipinski definition) is 2. The van der Waals surface area contributed by atoms with Crippen molar-refractivity contribution >= 4 is 5.69 Å². The van der Waals surface area contributed by atoms with Crippen molar-refractivity contribution in [1.29, 1.82) is 0 Å². The Bertz CT molecular complexity index is 690. The van der Waals surface area contributed by atoms with Gasteiger partial charge < -0.3 is 10.4 Å². The van der Waals surface area contributed by atoms with Gasteiger partial charge in [-0.3, -0.25) is 0 Å². The molecule has 0 amide bonds.